The SMILES string of the molecule is CCN(CC)C(=O)Nc1cccc(-c2csc(-c3ccccn3)n2)c1. The first-order valence-electron chi connectivity index (χ1n) is 8.24. The molecular weight excluding hydrogens is 332 g/mol. The van der Waals surface area contributed by atoms with Crippen LogP contribution >= 0.6 is 11.3 Å². The number of aromatic nitrogens is 2. The number of urea groups is 1. The van der Waals surface area contributed by atoms with Gasteiger partial charge >= 0.3 is 6.03 Å². The number of pyridine rings is 1. The summed E-state index contributed by atoms with van der Waals surface area (Å²) >= 11 is 1.56. The predicted octanol–water partition coefficient (Wildman–Crippen LogP) is 4.75. The van der Waals surface area contributed by atoms with E-state index in [0.717, 1.165) is 27.6 Å². The molecule has 0 saturated heterocycles. The molecular formula is C19H20N4OS. The van der Waals surface area contributed by atoms with Crippen molar-refractivity contribution >= 4 is 23.1 Å². The minimum atomic E-state index is -0.0883. The summed E-state index contributed by atoms with van der Waals surface area (Å²) in [6, 6.07) is 13.4. The van der Waals surface area contributed by atoms with E-state index in [4.69, 9.17) is 0 Å². The van der Waals surface area contributed by atoms with Crippen molar-refractivity contribution in [1.82, 2.24) is 14.9 Å². The van der Waals surface area contributed by atoms with Crippen LogP contribution in [0, 0.1) is 0 Å². The lowest BCUT2D eigenvalue weighted by Gasteiger charge is -2.19. The van der Waals surface area contributed by atoms with Gasteiger partial charge in [-0.2, -0.15) is 0 Å². The Labute approximate surface area is 151 Å². The van der Waals surface area contributed by atoms with Crippen LogP contribution in [0.1, 0.15) is 13.8 Å². The molecule has 2 amide bonds. The minimum absolute atomic E-state index is 0.0883. The van der Waals surface area contributed by atoms with E-state index in [2.05, 4.69) is 15.3 Å². The van der Waals surface area contributed by atoms with Crippen LogP contribution in [0.15, 0.2) is 54.0 Å². The number of carbonyl (C=O) groups is 1. The second-order valence-electron chi connectivity index (χ2n) is 5.44. The van der Waals surface area contributed by atoms with Gasteiger partial charge < -0.3 is 10.2 Å². The van der Waals surface area contributed by atoms with E-state index in [9.17, 15) is 4.79 Å². The summed E-state index contributed by atoms with van der Waals surface area (Å²) in [5.74, 6) is 0. The molecule has 1 N–H and O–H groups in total. The summed E-state index contributed by atoms with van der Waals surface area (Å²) in [4.78, 5) is 23.0. The van der Waals surface area contributed by atoms with E-state index in [-0.39, 0.29) is 6.03 Å². The van der Waals surface area contributed by atoms with Crippen molar-refractivity contribution in [2.45, 2.75) is 13.8 Å². The van der Waals surface area contributed by atoms with E-state index in [1.54, 1.807) is 22.4 Å². The first-order chi connectivity index (χ1) is 12.2. The van der Waals surface area contributed by atoms with Gasteiger partial charge in [-0.1, -0.05) is 18.2 Å². The Morgan fingerprint density at radius 3 is 2.68 bits per heavy atom. The van der Waals surface area contributed by atoms with Crippen molar-refractivity contribution in [2.75, 3.05) is 18.4 Å². The van der Waals surface area contributed by atoms with Crippen LogP contribution in [-0.4, -0.2) is 34.0 Å². The normalized spacial score (nSPS) is 10.5. The third-order valence-electron chi connectivity index (χ3n) is 3.85. The van der Waals surface area contributed by atoms with E-state index in [1.165, 1.54) is 0 Å². The molecule has 5 nitrogen and oxygen atoms in total. The topological polar surface area (TPSA) is 58.1 Å². The van der Waals surface area contributed by atoms with Gasteiger partial charge in [0.1, 0.15) is 5.01 Å². The standard InChI is InChI=1S/C19H20N4OS/c1-3-23(4-2)19(24)21-15-9-7-8-14(12-15)17-13-25-18(22-17)16-10-5-6-11-20-16/h5-13H,3-4H2,1-2H3,(H,21,24). The average Bonchev–Trinajstić information content (AvgIpc) is 3.14. The molecule has 3 rings (SSSR count). The Bertz CT molecular complexity index is 843. The van der Waals surface area contributed by atoms with Crippen LogP contribution in [0.25, 0.3) is 22.0 Å². The highest BCUT2D eigenvalue weighted by molar-refractivity contribution is 7.13. The molecule has 0 radical (unpaired) electrons. The fraction of sp³-hybridized carbons (Fsp3) is 0.211. The van der Waals surface area contributed by atoms with Gasteiger partial charge in [0.15, 0.2) is 0 Å². The first-order valence-corrected chi connectivity index (χ1v) is 9.12. The molecule has 128 valence electrons. The molecule has 0 spiro atoms. The van der Waals surface area contributed by atoms with Crippen molar-refractivity contribution in [1.29, 1.82) is 0 Å². The number of thiazole rings is 1. The number of carbonyl (C=O) groups excluding carboxylic acids is 1. The number of nitrogens with one attached hydrogen (secondary N) is 1. The molecule has 25 heavy (non-hydrogen) atoms. The Hall–Kier alpha value is -2.73. The third kappa shape index (κ3) is 4.03. The van der Waals surface area contributed by atoms with Crippen molar-refractivity contribution in [3.8, 4) is 22.0 Å². The first kappa shape index (κ1) is 17.1. The van der Waals surface area contributed by atoms with Crippen molar-refractivity contribution < 1.29 is 4.79 Å². The second-order valence-corrected chi connectivity index (χ2v) is 6.29. The Morgan fingerprint density at radius 1 is 1.12 bits per heavy atom. The average molecular weight is 352 g/mol. The number of rotatable bonds is 5. The van der Waals surface area contributed by atoms with Gasteiger partial charge in [0.2, 0.25) is 0 Å². The van der Waals surface area contributed by atoms with Crippen molar-refractivity contribution in [3.05, 3.63) is 54.0 Å². The van der Waals surface area contributed by atoms with Gasteiger partial charge in [0.25, 0.3) is 0 Å². The van der Waals surface area contributed by atoms with E-state index >= 15 is 0 Å². The molecule has 2 aromatic heterocycles. The van der Waals surface area contributed by atoms with Crippen LogP contribution in [0.4, 0.5) is 10.5 Å². The summed E-state index contributed by atoms with van der Waals surface area (Å²) in [6.45, 7) is 5.30. The van der Waals surface area contributed by atoms with Gasteiger partial charge in [0, 0.05) is 35.9 Å². The largest absolute Gasteiger partial charge is 0.325 e. The summed E-state index contributed by atoms with van der Waals surface area (Å²) in [5, 5.41) is 5.83. The van der Waals surface area contributed by atoms with Crippen molar-refractivity contribution in [3.63, 3.8) is 0 Å². The predicted molar refractivity (Wildman–Crippen MR) is 103 cm³/mol. The molecule has 0 fully saturated rings. The Kier molecular flexibility index (Phi) is 5.40. The monoisotopic (exact) mass is 352 g/mol. The summed E-state index contributed by atoms with van der Waals surface area (Å²) in [6.07, 6.45) is 1.76. The molecule has 3 aromatic rings. The number of hydrogen-bond acceptors (Lipinski definition) is 4. The zero-order valence-corrected chi connectivity index (χ0v) is 15.1. The van der Waals surface area contributed by atoms with Gasteiger partial charge in [-0.3, -0.25) is 4.98 Å². The maximum absolute atomic E-state index is 12.2. The number of anilines is 1. The number of amides is 2. The van der Waals surface area contributed by atoms with Gasteiger partial charge in [0.05, 0.1) is 11.4 Å². The fourth-order valence-corrected chi connectivity index (χ4v) is 3.29. The minimum Gasteiger partial charge on any atom is -0.325 e. The number of benzene rings is 1. The molecule has 1 aromatic carbocycles. The fourth-order valence-electron chi connectivity index (χ4n) is 2.48. The lowest BCUT2D eigenvalue weighted by Crippen LogP contribution is -2.34. The van der Waals surface area contributed by atoms with Crippen LogP contribution in [0.3, 0.4) is 0 Å². The maximum atomic E-state index is 12.2. The Morgan fingerprint density at radius 2 is 1.96 bits per heavy atom. The summed E-state index contributed by atoms with van der Waals surface area (Å²) < 4.78 is 0. The van der Waals surface area contributed by atoms with E-state index in [1.807, 2.05) is 61.7 Å². The summed E-state index contributed by atoms with van der Waals surface area (Å²) in [7, 11) is 0. The zero-order chi connectivity index (χ0) is 17.6. The maximum Gasteiger partial charge on any atom is 0.321 e. The second kappa shape index (κ2) is 7.90. The number of hydrogen-bond donors (Lipinski definition) is 1. The van der Waals surface area contributed by atoms with Gasteiger partial charge in [-0.25, -0.2) is 9.78 Å². The molecule has 0 saturated carbocycles. The zero-order valence-electron chi connectivity index (χ0n) is 14.3. The molecule has 6 heteroatoms. The third-order valence-corrected chi connectivity index (χ3v) is 4.71. The van der Waals surface area contributed by atoms with Crippen molar-refractivity contribution in [2.24, 2.45) is 0 Å². The molecule has 2 heterocycles. The molecule has 0 atom stereocenters. The quantitative estimate of drug-likeness (QED) is 0.721. The molecule has 0 unspecified atom stereocenters. The lowest BCUT2D eigenvalue weighted by atomic mass is 10.1. The highest BCUT2D eigenvalue weighted by Gasteiger charge is 2.11. The Balaban J connectivity index is 1.80. The van der Waals surface area contributed by atoms with E-state index in [0.29, 0.717) is 13.1 Å². The molecule has 0 aliphatic carbocycles. The van der Waals surface area contributed by atoms with Crippen LogP contribution in [0.5, 0.6) is 0 Å². The van der Waals surface area contributed by atoms with Crippen LogP contribution in [0.2, 0.25) is 0 Å². The molecule has 0 bridgehead atoms. The highest BCUT2D eigenvalue weighted by Crippen LogP contribution is 2.28. The van der Waals surface area contributed by atoms with E-state index < -0.39 is 0 Å². The molecule has 0 aliphatic heterocycles. The van der Waals surface area contributed by atoms with Gasteiger partial charge in [-0.15, -0.1) is 11.3 Å². The smallest absolute Gasteiger partial charge is 0.321 e. The van der Waals surface area contributed by atoms with Gasteiger partial charge in [-0.05, 0) is 38.1 Å². The highest BCUT2D eigenvalue weighted by atomic mass is 32.1. The lowest BCUT2D eigenvalue weighted by molar-refractivity contribution is 0.217. The summed E-state index contributed by atoms with van der Waals surface area (Å²) in [5.41, 5.74) is 3.48. The molecule has 0 aliphatic rings. The number of nitrogens with zero attached hydrogens (tertiary/aromatic N) is 3. The van der Waals surface area contributed by atoms with Crippen LogP contribution in [-0.2, 0) is 0 Å². The van der Waals surface area contributed by atoms with Crippen LogP contribution < -0.4 is 5.32 Å².